The third-order valence-electron chi connectivity index (χ3n) is 7.60. The van der Waals surface area contributed by atoms with Crippen LogP contribution in [0.3, 0.4) is 0 Å². The molecule has 2 amide bonds. The molecular formula is C30H26ClN9O6. The number of anilines is 2. The molecule has 5 aromatic rings. The molecule has 2 aromatic heterocycles. The number of methoxy groups -OCH3 is 1. The second-order valence-corrected chi connectivity index (χ2v) is 10.7. The van der Waals surface area contributed by atoms with Gasteiger partial charge < -0.3 is 24.4 Å². The van der Waals surface area contributed by atoms with Crippen molar-refractivity contribution in [3.63, 3.8) is 0 Å². The van der Waals surface area contributed by atoms with Crippen molar-refractivity contribution in [3.8, 4) is 22.7 Å². The first-order valence-electron chi connectivity index (χ1n) is 14.0. The Morgan fingerprint density at radius 2 is 1.80 bits per heavy atom. The number of rotatable bonds is 8. The van der Waals surface area contributed by atoms with E-state index in [1.807, 2.05) is 23.1 Å². The molecule has 6 rings (SSSR count). The highest BCUT2D eigenvalue weighted by molar-refractivity contribution is 6.33. The van der Waals surface area contributed by atoms with Gasteiger partial charge in [-0.15, -0.1) is 5.10 Å². The van der Waals surface area contributed by atoms with Crippen molar-refractivity contribution in [2.45, 2.75) is 6.92 Å². The zero-order valence-electron chi connectivity index (χ0n) is 24.6. The summed E-state index contributed by atoms with van der Waals surface area (Å²) >= 11 is 6.53. The number of benzene rings is 3. The lowest BCUT2D eigenvalue weighted by Crippen LogP contribution is -2.49. The van der Waals surface area contributed by atoms with Gasteiger partial charge in [0.2, 0.25) is 0 Å². The Hall–Kier alpha value is -5.83. The molecule has 0 aliphatic carbocycles. The second-order valence-electron chi connectivity index (χ2n) is 10.3. The van der Waals surface area contributed by atoms with E-state index in [0.717, 1.165) is 0 Å². The van der Waals surface area contributed by atoms with Crippen LogP contribution >= 0.6 is 11.6 Å². The molecule has 0 spiro atoms. The summed E-state index contributed by atoms with van der Waals surface area (Å²) < 4.78 is 12.3. The lowest BCUT2D eigenvalue weighted by atomic mass is 10.0. The fourth-order valence-electron chi connectivity index (χ4n) is 5.24. The van der Waals surface area contributed by atoms with Gasteiger partial charge in [0, 0.05) is 43.4 Å². The van der Waals surface area contributed by atoms with Crippen LogP contribution in [0, 0.1) is 17.0 Å². The van der Waals surface area contributed by atoms with Gasteiger partial charge in [-0.05, 0) is 59.8 Å². The van der Waals surface area contributed by atoms with E-state index in [9.17, 15) is 19.7 Å². The molecule has 3 aromatic carbocycles. The average molecular weight is 644 g/mol. The van der Waals surface area contributed by atoms with Crippen LogP contribution in [0.1, 0.15) is 26.5 Å². The number of aromatic nitrogens is 5. The molecule has 1 aliphatic rings. The Bertz CT molecular complexity index is 1920. The van der Waals surface area contributed by atoms with E-state index < -0.39 is 10.8 Å². The van der Waals surface area contributed by atoms with Gasteiger partial charge in [0.1, 0.15) is 34.8 Å². The van der Waals surface area contributed by atoms with Crippen molar-refractivity contribution in [3.05, 3.63) is 99.0 Å². The van der Waals surface area contributed by atoms with Crippen LogP contribution in [0.5, 0.6) is 5.75 Å². The summed E-state index contributed by atoms with van der Waals surface area (Å²) in [5.41, 5.74) is 2.40. The van der Waals surface area contributed by atoms with Crippen LogP contribution in [-0.4, -0.2) is 80.3 Å². The number of para-hydroxylation sites is 1. The molecule has 15 nitrogen and oxygen atoms in total. The van der Waals surface area contributed by atoms with E-state index in [1.54, 1.807) is 49.3 Å². The summed E-state index contributed by atoms with van der Waals surface area (Å²) in [6.45, 7) is 3.10. The van der Waals surface area contributed by atoms with Gasteiger partial charge in [-0.2, -0.15) is 0 Å². The van der Waals surface area contributed by atoms with Gasteiger partial charge >= 0.3 is 0 Å². The van der Waals surface area contributed by atoms with Crippen molar-refractivity contribution < 1.29 is 23.8 Å². The van der Waals surface area contributed by atoms with E-state index in [4.69, 9.17) is 20.9 Å². The van der Waals surface area contributed by atoms with Gasteiger partial charge in [0.15, 0.2) is 0 Å². The summed E-state index contributed by atoms with van der Waals surface area (Å²) in [4.78, 5) is 41.7. The minimum atomic E-state index is -0.608. The number of halogens is 1. The van der Waals surface area contributed by atoms with Crippen LogP contribution in [0.4, 0.5) is 17.1 Å². The molecule has 1 N–H and O–H groups in total. The SMILES string of the molecule is COc1ccccc1-c1noc(C)c1C(=O)N1CCN(c2cc(NC(=O)c3ccc(-n4cnnn4)cc3)c([N+](=O)[O-])cc2Cl)CC1. The number of nitrogens with zero attached hydrogens (tertiary/aromatic N) is 8. The van der Waals surface area contributed by atoms with Crippen molar-refractivity contribution in [2.24, 2.45) is 0 Å². The van der Waals surface area contributed by atoms with E-state index in [1.165, 1.54) is 23.1 Å². The third-order valence-corrected chi connectivity index (χ3v) is 7.90. The highest BCUT2D eigenvalue weighted by atomic mass is 35.5. The summed E-state index contributed by atoms with van der Waals surface area (Å²) in [5.74, 6) is 0.155. The fraction of sp³-hybridized carbons (Fsp3) is 0.200. The Morgan fingerprint density at radius 3 is 2.48 bits per heavy atom. The second kappa shape index (κ2) is 12.6. The molecule has 0 saturated carbocycles. The number of piperazine rings is 1. The maximum atomic E-state index is 13.7. The smallest absolute Gasteiger partial charge is 0.294 e. The summed E-state index contributed by atoms with van der Waals surface area (Å²) in [6, 6.07) is 16.3. The first-order valence-corrected chi connectivity index (χ1v) is 14.4. The summed E-state index contributed by atoms with van der Waals surface area (Å²) in [7, 11) is 1.54. The average Bonchev–Trinajstić information content (AvgIpc) is 3.75. The van der Waals surface area contributed by atoms with Crippen LogP contribution in [-0.2, 0) is 0 Å². The zero-order valence-corrected chi connectivity index (χ0v) is 25.3. The van der Waals surface area contributed by atoms with E-state index in [2.05, 4.69) is 26.0 Å². The van der Waals surface area contributed by atoms with Crippen molar-refractivity contribution >= 4 is 40.5 Å². The molecule has 0 bridgehead atoms. The Morgan fingerprint density at radius 1 is 1.07 bits per heavy atom. The van der Waals surface area contributed by atoms with Crippen LogP contribution in [0.2, 0.25) is 5.02 Å². The number of tetrazole rings is 1. The molecule has 0 atom stereocenters. The monoisotopic (exact) mass is 643 g/mol. The molecule has 234 valence electrons. The summed E-state index contributed by atoms with van der Waals surface area (Å²) in [5, 5.41) is 29.8. The van der Waals surface area contributed by atoms with Gasteiger partial charge in [0.05, 0.1) is 28.4 Å². The number of carbonyl (C=O) groups excluding carboxylic acids is 2. The summed E-state index contributed by atoms with van der Waals surface area (Å²) in [6.07, 6.45) is 1.42. The number of aryl methyl sites for hydroxylation is 1. The highest BCUT2D eigenvalue weighted by Crippen LogP contribution is 2.38. The van der Waals surface area contributed by atoms with Gasteiger partial charge in [-0.25, -0.2) is 4.68 Å². The number of nitro groups is 1. The Labute approximate surface area is 266 Å². The molecule has 1 saturated heterocycles. The minimum absolute atomic E-state index is 0.0148. The number of ether oxygens (including phenoxy) is 1. The van der Waals surface area contributed by atoms with Gasteiger partial charge in [-0.1, -0.05) is 28.9 Å². The molecule has 0 radical (unpaired) electrons. The highest BCUT2D eigenvalue weighted by Gasteiger charge is 2.31. The molecule has 0 unspecified atom stereocenters. The number of hydrogen-bond acceptors (Lipinski definition) is 11. The molecular weight excluding hydrogens is 618 g/mol. The largest absolute Gasteiger partial charge is 0.496 e. The Balaban J connectivity index is 1.19. The predicted molar refractivity (Wildman–Crippen MR) is 167 cm³/mol. The zero-order chi connectivity index (χ0) is 32.4. The molecule has 1 fully saturated rings. The quantitative estimate of drug-likeness (QED) is 0.187. The van der Waals surface area contributed by atoms with Gasteiger partial charge in [0.25, 0.3) is 17.5 Å². The number of nitrogens with one attached hydrogen (secondary N) is 1. The molecule has 3 heterocycles. The molecule has 1 aliphatic heterocycles. The van der Waals surface area contributed by atoms with Crippen LogP contribution in [0.25, 0.3) is 16.9 Å². The topological polar surface area (TPSA) is 175 Å². The van der Waals surface area contributed by atoms with Crippen molar-refractivity contribution in [1.82, 2.24) is 30.3 Å². The third kappa shape index (κ3) is 5.82. The maximum absolute atomic E-state index is 13.7. The number of amides is 2. The first-order chi connectivity index (χ1) is 22.2. The van der Waals surface area contributed by atoms with Crippen LogP contribution in [0.15, 0.2) is 71.5 Å². The number of carbonyl (C=O) groups is 2. The van der Waals surface area contributed by atoms with Crippen molar-refractivity contribution in [2.75, 3.05) is 43.5 Å². The number of nitro benzene ring substituents is 1. The Kier molecular flexibility index (Phi) is 8.31. The van der Waals surface area contributed by atoms with E-state index in [-0.39, 0.29) is 27.9 Å². The van der Waals surface area contributed by atoms with Gasteiger partial charge in [-0.3, -0.25) is 19.7 Å². The lowest BCUT2D eigenvalue weighted by Gasteiger charge is -2.36. The predicted octanol–water partition coefficient (Wildman–Crippen LogP) is 4.41. The number of hydrogen-bond donors (Lipinski definition) is 1. The lowest BCUT2D eigenvalue weighted by molar-refractivity contribution is -0.383. The van der Waals surface area contributed by atoms with E-state index in [0.29, 0.717) is 65.9 Å². The molecule has 46 heavy (non-hydrogen) atoms. The van der Waals surface area contributed by atoms with Crippen LogP contribution < -0.4 is 15.0 Å². The standard InChI is InChI=1S/C30H26ClN9O6/c1-18-27(28(34-46-18)21-5-3-4-6-26(21)45-2)30(42)38-13-11-37(12-14-38)24-16-23(25(40(43)44)15-22(24)31)33-29(41)19-7-9-20(10-8-19)39-17-32-35-36-39/h3-10,15-17H,11-14H2,1-2H3,(H,33,41). The van der Waals surface area contributed by atoms with E-state index >= 15 is 0 Å². The maximum Gasteiger partial charge on any atom is 0.294 e. The normalized spacial score (nSPS) is 13.0. The first kappa shape index (κ1) is 30.2. The minimum Gasteiger partial charge on any atom is -0.496 e. The molecule has 16 heteroatoms. The fourth-order valence-corrected chi connectivity index (χ4v) is 5.52. The van der Waals surface area contributed by atoms with Crippen molar-refractivity contribution in [1.29, 1.82) is 0 Å².